The predicted octanol–water partition coefficient (Wildman–Crippen LogP) is 5.33. The van der Waals surface area contributed by atoms with Gasteiger partial charge in [-0.05, 0) is 60.7 Å². The molecule has 0 amide bonds. The fourth-order valence-corrected chi connectivity index (χ4v) is 2.25. The van der Waals surface area contributed by atoms with Crippen molar-refractivity contribution in [3.63, 3.8) is 0 Å². The summed E-state index contributed by atoms with van der Waals surface area (Å²) in [6.45, 7) is 0. The maximum atomic E-state index is 5.84. The van der Waals surface area contributed by atoms with E-state index < -0.39 is 0 Å². The second-order valence-corrected chi connectivity index (χ2v) is 4.85. The molecule has 21 heavy (non-hydrogen) atoms. The standard InChI is InChI=1S/C18H13NO2/c1-2-17-12-18(3-1)21-16-10-6-14(7-11-16)19-13-4-8-15(20-17)9-5-13/h1-12,19H. The summed E-state index contributed by atoms with van der Waals surface area (Å²) in [6.07, 6.45) is 0. The second kappa shape index (κ2) is 4.87. The normalized spacial score (nSPS) is 12.0. The monoisotopic (exact) mass is 275 g/mol. The maximum Gasteiger partial charge on any atom is 0.131 e. The van der Waals surface area contributed by atoms with Crippen LogP contribution < -0.4 is 14.8 Å². The number of ether oxygens (including phenoxy) is 2. The smallest absolute Gasteiger partial charge is 0.131 e. The van der Waals surface area contributed by atoms with Crippen molar-refractivity contribution in [3.8, 4) is 23.0 Å². The molecule has 0 saturated carbocycles. The summed E-state index contributed by atoms with van der Waals surface area (Å²) in [7, 11) is 0. The van der Waals surface area contributed by atoms with Crippen molar-refractivity contribution in [1.82, 2.24) is 0 Å². The van der Waals surface area contributed by atoms with Gasteiger partial charge in [-0.15, -0.1) is 0 Å². The molecule has 0 atom stereocenters. The quantitative estimate of drug-likeness (QED) is 0.470. The van der Waals surface area contributed by atoms with Gasteiger partial charge >= 0.3 is 0 Å². The zero-order valence-corrected chi connectivity index (χ0v) is 11.2. The number of anilines is 2. The molecule has 0 spiro atoms. The highest BCUT2D eigenvalue weighted by Gasteiger charge is 2.04. The van der Waals surface area contributed by atoms with Crippen LogP contribution in [0.15, 0.2) is 72.8 Å². The van der Waals surface area contributed by atoms with Crippen LogP contribution in [0.5, 0.6) is 23.0 Å². The van der Waals surface area contributed by atoms with Crippen LogP contribution in [0.4, 0.5) is 11.4 Å². The first-order chi connectivity index (χ1) is 10.3. The first-order valence-corrected chi connectivity index (χ1v) is 6.78. The molecule has 0 aromatic heterocycles. The third-order valence-corrected chi connectivity index (χ3v) is 3.27. The average molecular weight is 275 g/mol. The van der Waals surface area contributed by atoms with E-state index in [0.717, 1.165) is 34.4 Å². The molecule has 0 radical (unpaired) electrons. The van der Waals surface area contributed by atoms with Gasteiger partial charge in [0.15, 0.2) is 0 Å². The van der Waals surface area contributed by atoms with Crippen molar-refractivity contribution in [3.05, 3.63) is 72.8 Å². The first-order valence-electron chi connectivity index (χ1n) is 6.78. The first kappa shape index (κ1) is 11.9. The van der Waals surface area contributed by atoms with Crippen molar-refractivity contribution >= 4 is 11.4 Å². The lowest BCUT2D eigenvalue weighted by Crippen LogP contribution is -1.92. The van der Waals surface area contributed by atoms with E-state index in [2.05, 4.69) is 5.32 Å². The van der Waals surface area contributed by atoms with Crippen LogP contribution in [-0.2, 0) is 0 Å². The molecule has 102 valence electrons. The second-order valence-electron chi connectivity index (χ2n) is 4.85. The minimum absolute atomic E-state index is 0.752. The van der Waals surface area contributed by atoms with Gasteiger partial charge in [-0.1, -0.05) is 6.07 Å². The zero-order chi connectivity index (χ0) is 14.1. The van der Waals surface area contributed by atoms with Gasteiger partial charge in [-0.2, -0.15) is 0 Å². The summed E-state index contributed by atoms with van der Waals surface area (Å²) in [5, 5.41) is 3.34. The Morgan fingerprint density at radius 3 is 1.48 bits per heavy atom. The molecular formula is C18H13NO2. The highest BCUT2D eigenvalue weighted by molar-refractivity contribution is 5.61. The molecular weight excluding hydrogens is 262 g/mol. The number of hydrogen-bond donors (Lipinski definition) is 1. The molecule has 1 N–H and O–H groups in total. The van der Waals surface area contributed by atoms with Crippen molar-refractivity contribution in [2.75, 3.05) is 5.32 Å². The molecule has 3 aromatic rings. The van der Waals surface area contributed by atoms with Crippen LogP contribution in [0, 0.1) is 0 Å². The van der Waals surface area contributed by atoms with E-state index in [1.165, 1.54) is 0 Å². The summed E-state index contributed by atoms with van der Waals surface area (Å²) in [4.78, 5) is 0. The van der Waals surface area contributed by atoms with Crippen LogP contribution >= 0.6 is 0 Å². The highest BCUT2D eigenvalue weighted by atomic mass is 16.5. The van der Waals surface area contributed by atoms with E-state index >= 15 is 0 Å². The minimum atomic E-state index is 0.752. The molecule has 0 saturated heterocycles. The lowest BCUT2D eigenvalue weighted by molar-refractivity contribution is 0.460. The van der Waals surface area contributed by atoms with E-state index in [-0.39, 0.29) is 0 Å². The Morgan fingerprint density at radius 2 is 1.00 bits per heavy atom. The zero-order valence-electron chi connectivity index (χ0n) is 11.2. The van der Waals surface area contributed by atoms with Gasteiger partial charge in [0.1, 0.15) is 23.0 Å². The number of nitrogens with one attached hydrogen (secondary N) is 1. The van der Waals surface area contributed by atoms with Gasteiger partial charge in [-0.3, -0.25) is 0 Å². The Kier molecular flexibility index (Phi) is 2.75. The summed E-state index contributed by atoms with van der Waals surface area (Å²) in [5.74, 6) is 3.09. The Labute approximate surface area is 122 Å². The molecule has 3 heteroatoms. The Bertz CT molecular complexity index is 701. The molecule has 6 bridgehead atoms. The molecule has 3 nitrogen and oxygen atoms in total. The summed E-state index contributed by atoms with van der Waals surface area (Å²) in [6, 6.07) is 23.4. The lowest BCUT2D eigenvalue weighted by atomic mass is 10.2. The fourth-order valence-electron chi connectivity index (χ4n) is 2.25. The molecule has 3 aromatic carbocycles. The number of benzene rings is 3. The summed E-state index contributed by atoms with van der Waals surface area (Å²) < 4.78 is 11.7. The van der Waals surface area contributed by atoms with Crippen LogP contribution in [0.3, 0.4) is 0 Å². The fraction of sp³-hybridized carbons (Fsp3) is 0. The largest absolute Gasteiger partial charge is 0.457 e. The highest BCUT2D eigenvalue weighted by Crippen LogP contribution is 2.31. The Morgan fingerprint density at radius 1 is 0.524 bits per heavy atom. The maximum absolute atomic E-state index is 5.84. The van der Waals surface area contributed by atoms with Crippen molar-refractivity contribution in [2.45, 2.75) is 0 Å². The van der Waals surface area contributed by atoms with Gasteiger partial charge in [0.05, 0.1) is 0 Å². The lowest BCUT2D eigenvalue weighted by Gasteiger charge is -2.13. The molecule has 4 heterocycles. The van der Waals surface area contributed by atoms with Crippen LogP contribution in [0.25, 0.3) is 0 Å². The van der Waals surface area contributed by atoms with Crippen molar-refractivity contribution in [2.24, 2.45) is 0 Å². The summed E-state index contributed by atoms with van der Waals surface area (Å²) >= 11 is 0. The SMILES string of the molecule is c1cc2cc(c1)Oc1ccc(cc1)Nc1ccc(cc1)O2. The molecule has 0 unspecified atom stereocenters. The van der Waals surface area contributed by atoms with Gasteiger partial charge in [0.2, 0.25) is 0 Å². The van der Waals surface area contributed by atoms with E-state index in [1.807, 2.05) is 72.8 Å². The van der Waals surface area contributed by atoms with Gasteiger partial charge in [0.25, 0.3) is 0 Å². The Balaban J connectivity index is 1.83. The van der Waals surface area contributed by atoms with Crippen molar-refractivity contribution < 1.29 is 9.47 Å². The third-order valence-electron chi connectivity index (χ3n) is 3.27. The molecule has 0 fully saturated rings. The minimum Gasteiger partial charge on any atom is -0.457 e. The topological polar surface area (TPSA) is 30.5 Å². The molecule has 4 aliphatic rings. The van der Waals surface area contributed by atoms with Gasteiger partial charge in [0, 0.05) is 17.4 Å². The molecule has 4 aliphatic heterocycles. The van der Waals surface area contributed by atoms with Gasteiger partial charge < -0.3 is 14.8 Å². The third kappa shape index (κ3) is 2.54. The molecule has 7 rings (SSSR count). The van der Waals surface area contributed by atoms with E-state index in [4.69, 9.17) is 9.47 Å². The predicted molar refractivity (Wildman–Crippen MR) is 82.8 cm³/mol. The Hall–Kier alpha value is -2.94. The van der Waals surface area contributed by atoms with Crippen LogP contribution in [-0.4, -0.2) is 0 Å². The van der Waals surface area contributed by atoms with Crippen LogP contribution in [0.2, 0.25) is 0 Å². The van der Waals surface area contributed by atoms with E-state index in [9.17, 15) is 0 Å². The summed E-state index contributed by atoms with van der Waals surface area (Å²) in [5.41, 5.74) is 2.03. The van der Waals surface area contributed by atoms with E-state index in [1.54, 1.807) is 0 Å². The number of hydrogen-bond acceptors (Lipinski definition) is 3. The van der Waals surface area contributed by atoms with Crippen LogP contribution in [0.1, 0.15) is 0 Å². The van der Waals surface area contributed by atoms with E-state index in [0.29, 0.717) is 0 Å². The van der Waals surface area contributed by atoms with Crippen molar-refractivity contribution in [1.29, 1.82) is 0 Å². The van der Waals surface area contributed by atoms with Gasteiger partial charge in [-0.25, -0.2) is 0 Å². The molecule has 0 aliphatic carbocycles. The number of rotatable bonds is 0. The average Bonchev–Trinajstić information content (AvgIpc) is 2.51.